The summed E-state index contributed by atoms with van der Waals surface area (Å²) in [5.41, 5.74) is 3.61. The Morgan fingerprint density at radius 2 is 1.32 bits per heavy atom. The number of nitriles is 1. The summed E-state index contributed by atoms with van der Waals surface area (Å²) in [6.07, 6.45) is 0.839. The van der Waals surface area contributed by atoms with E-state index in [9.17, 15) is 29.2 Å². The zero-order valence-electron chi connectivity index (χ0n) is 44.4. The van der Waals surface area contributed by atoms with Gasteiger partial charge in [-0.25, -0.2) is 4.79 Å². The molecule has 21 heteroatoms. The number of urea groups is 1. The van der Waals surface area contributed by atoms with Gasteiger partial charge in [0.1, 0.15) is 36.3 Å². The van der Waals surface area contributed by atoms with Crippen molar-refractivity contribution in [3.63, 3.8) is 0 Å². The van der Waals surface area contributed by atoms with E-state index in [1.807, 2.05) is 18.2 Å². The third-order valence-electron chi connectivity index (χ3n) is 13.7. The molecule has 2 fully saturated rings. The average molecular weight is 1120 g/mol. The summed E-state index contributed by atoms with van der Waals surface area (Å²) in [6, 6.07) is 23.4. The molecule has 1 saturated carbocycles. The molecular weight excluding hydrogens is 1050 g/mol. The highest BCUT2D eigenvalue weighted by Crippen LogP contribution is 2.55. The molecule has 19 nitrogen and oxygen atoms in total. The van der Waals surface area contributed by atoms with E-state index in [2.05, 4.69) is 55.0 Å². The van der Waals surface area contributed by atoms with Crippen molar-refractivity contribution in [3.05, 3.63) is 122 Å². The van der Waals surface area contributed by atoms with Gasteiger partial charge in [-0.05, 0) is 90.2 Å². The monoisotopic (exact) mass is 1110 g/mol. The molecule has 0 bridgehead atoms. The van der Waals surface area contributed by atoms with Crippen molar-refractivity contribution in [1.82, 2.24) is 20.9 Å². The summed E-state index contributed by atoms with van der Waals surface area (Å²) in [4.78, 5) is 64.5. The zero-order valence-corrected chi connectivity index (χ0v) is 45.9. The highest BCUT2D eigenvalue weighted by molar-refractivity contribution is 6.32. The number of amides is 6. The van der Waals surface area contributed by atoms with Crippen LogP contribution in [0.3, 0.4) is 0 Å². The molecule has 6 amide bonds. The lowest BCUT2D eigenvalue weighted by Gasteiger charge is -2.63. The van der Waals surface area contributed by atoms with Crippen molar-refractivity contribution in [1.29, 1.82) is 5.26 Å². The number of anilines is 1. The van der Waals surface area contributed by atoms with E-state index in [1.165, 1.54) is 4.90 Å². The van der Waals surface area contributed by atoms with Crippen LogP contribution in [0.5, 0.6) is 11.5 Å². The van der Waals surface area contributed by atoms with Crippen molar-refractivity contribution in [2.75, 3.05) is 91.2 Å². The molecule has 4 aromatic carbocycles. The molecule has 4 N–H and O–H groups in total. The lowest BCUT2D eigenvalue weighted by atomic mass is 9.49. The molecule has 2 heterocycles. The third-order valence-corrected chi connectivity index (χ3v) is 14.2. The summed E-state index contributed by atoms with van der Waals surface area (Å²) in [7, 11) is 0. The molecule has 0 radical (unpaired) electrons. The molecule has 1 aliphatic carbocycles. The number of hydrogen-bond acceptors (Lipinski definition) is 14. The fourth-order valence-corrected chi connectivity index (χ4v) is 10.6. The number of carbonyl (C=O) groups is 5. The van der Waals surface area contributed by atoms with Crippen LogP contribution in [0.2, 0.25) is 10.0 Å². The van der Waals surface area contributed by atoms with Crippen LogP contribution in [0.15, 0.2) is 78.9 Å². The van der Waals surface area contributed by atoms with E-state index in [0.29, 0.717) is 136 Å². The summed E-state index contributed by atoms with van der Waals surface area (Å²) < 4.78 is 45.8. The van der Waals surface area contributed by atoms with Gasteiger partial charge in [-0.15, -0.1) is 0 Å². The molecule has 78 heavy (non-hydrogen) atoms. The number of hydrogen-bond donors (Lipinski definition) is 4. The van der Waals surface area contributed by atoms with Gasteiger partial charge < -0.3 is 58.7 Å². The minimum absolute atomic E-state index is 0.158. The van der Waals surface area contributed by atoms with E-state index in [0.717, 1.165) is 16.7 Å². The maximum atomic E-state index is 13.3. The maximum Gasteiger partial charge on any atom is 0.319 e. The number of imide groups is 1. The van der Waals surface area contributed by atoms with Gasteiger partial charge in [-0.1, -0.05) is 63.0 Å². The van der Waals surface area contributed by atoms with Crippen LogP contribution < -0.4 is 30.7 Å². The fraction of sp³-hybridized carbons (Fsp3) is 0.474. The molecule has 0 spiro atoms. The van der Waals surface area contributed by atoms with Crippen molar-refractivity contribution in [3.8, 4) is 17.6 Å². The van der Waals surface area contributed by atoms with E-state index in [4.69, 9.17) is 61.1 Å². The van der Waals surface area contributed by atoms with E-state index >= 15 is 0 Å². The minimum atomic E-state index is -0.693. The first-order valence-corrected chi connectivity index (χ1v) is 26.8. The van der Waals surface area contributed by atoms with Gasteiger partial charge in [-0.3, -0.25) is 24.5 Å². The highest BCUT2D eigenvalue weighted by Gasteiger charge is 2.64. The Labute approximate surface area is 464 Å². The number of benzene rings is 4. The van der Waals surface area contributed by atoms with Crippen molar-refractivity contribution in [2.45, 2.75) is 78.2 Å². The number of ether oxygens (including phenoxy) is 8. The van der Waals surface area contributed by atoms with E-state index < -0.39 is 18.0 Å². The molecule has 4 aromatic rings. The predicted octanol–water partition coefficient (Wildman–Crippen LogP) is 7.28. The van der Waals surface area contributed by atoms with Gasteiger partial charge in [0.2, 0.25) is 11.8 Å². The lowest BCUT2D eigenvalue weighted by Crippen LogP contribution is -2.74. The average Bonchev–Trinajstić information content (AvgIpc) is 3.86. The molecular formula is C57H68Cl2N6O13. The van der Waals surface area contributed by atoms with Crippen LogP contribution in [-0.2, 0) is 57.5 Å². The molecule has 1 atom stereocenters. The second-order valence-corrected chi connectivity index (χ2v) is 21.0. The Morgan fingerprint density at radius 1 is 0.718 bits per heavy atom. The number of rotatable bonds is 30. The summed E-state index contributed by atoms with van der Waals surface area (Å²) in [5, 5.41) is 21.2. The number of halogens is 2. The molecule has 1 unspecified atom stereocenters. The number of piperidine rings is 1. The smallest absolute Gasteiger partial charge is 0.319 e. The molecule has 2 aliphatic heterocycles. The van der Waals surface area contributed by atoms with Crippen LogP contribution in [0.25, 0.3) is 0 Å². The second-order valence-electron chi connectivity index (χ2n) is 20.1. The van der Waals surface area contributed by atoms with Crippen LogP contribution in [-0.4, -0.2) is 139 Å². The number of nitrogens with zero attached hydrogens (tertiary/aromatic N) is 2. The van der Waals surface area contributed by atoms with Crippen molar-refractivity contribution in [2.24, 2.45) is 10.8 Å². The first kappa shape index (κ1) is 59.3. The molecule has 0 aromatic heterocycles. The van der Waals surface area contributed by atoms with Gasteiger partial charge >= 0.3 is 6.03 Å². The van der Waals surface area contributed by atoms with Crippen LogP contribution >= 0.6 is 23.2 Å². The van der Waals surface area contributed by atoms with Crippen LogP contribution in [0, 0.1) is 22.2 Å². The lowest BCUT2D eigenvalue weighted by molar-refractivity contribution is -0.164. The molecule has 7 rings (SSSR count). The fourth-order valence-electron chi connectivity index (χ4n) is 10.1. The van der Waals surface area contributed by atoms with Crippen molar-refractivity contribution >= 4 is 58.5 Å². The summed E-state index contributed by atoms with van der Waals surface area (Å²) >= 11 is 12.6. The Kier molecular flexibility index (Phi) is 21.7. The summed E-state index contributed by atoms with van der Waals surface area (Å²) in [5.74, 6) is -0.0312. The van der Waals surface area contributed by atoms with Gasteiger partial charge in [0.25, 0.3) is 11.8 Å². The minimum Gasteiger partial charge on any atom is -0.491 e. The summed E-state index contributed by atoms with van der Waals surface area (Å²) in [6.45, 7) is 14.0. The number of nitrogens with one attached hydrogen (secondary N) is 4. The Balaban J connectivity index is 0.636. The predicted molar refractivity (Wildman–Crippen MR) is 290 cm³/mol. The number of carbonyl (C=O) groups excluding carboxylic acids is 5. The molecule has 1 saturated heterocycles. The standard InChI is InChI=1S/C57H68Cl2N6O13/c1-56(2)53(57(3,4)54(56)78-45-11-8-40(34-60)47(59)33-45)64-50(67)39-6-9-44(10-7-39)77-28-27-76-26-25-75-24-23-74-22-21-73-20-19-72-18-17-71-16-15-37-30-42(58)32-43(31-37)62-55(70)61-35-38-5-12-46-41(29-38)36-65(52(46)69)48-13-14-49(66)63-51(48)68/h5-12,29-33,48,53-54H,13-28,35-36H2,1-4H3,(H,64,67)(H2,61,62,70)(H,63,66,68). The quantitative estimate of drug-likeness (QED) is 0.0297. The topological polar surface area (TPSA) is 234 Å². The first-order valence-electron chi connectivity index (χ1n) is 26.0. The Bertz CT molecular complexity index is 2760. The van der Waals surface area contributed by atoms with Gasteiger partial charge in [0.05, 0.1) is 89.9 Å². The van der Waals surface area contributed by atoms with Gasteiger partial charge in [0, 0.05) is 64.3 Å². The molecule has 418 valence electrons. The Morgan fingerprint density at radius 3 is 1.92 bits per heavy atom. The zero-order chi connectivity index (χ0) is 55.7. The SMILES string of the molecule is CC1(C)C(NC(=O)c2ccc(OCCOCCOCCOCCOCCOCCOCCc3cc(Cl)cc(NC(=O)NCc4ccc5c(c4)CN(C4CCC(=O)NC4=O)C5=O)c3)cc2)C(C)(C)C1Oc1ccc(C#N)c(Cl)c1. The second kappa shape index (κ2) is 28.5. The third kappa shape index (κ3) is 16.4. The van der Waals surface area contributed by atoms with E-state index in [-0.39, 0.29) is 66.6 Å². The first-order chi connectivity index (χ1) is 37.5. The molecule has 3 aliphatic rings. The van der Waals surface area contributed by atoms with Gasteiger partial charge in [0.15, 0.2) is 0 Å². The van der Waals surface area contributed by atoms with Crippen molar-refractivity contribution < 1.29 is 61.9 Å². The van der Waals surface area contributed by atoms with Gasteiger partial charge in [-0.2, -0.15) is 5.26 Å². The Hall–Kier alpha value is -6.34. The highest BCUT2D eigenvalue weighted by atomic mass is 35.5. The maximum absolute atomic E-state index is 13.3. The van der Waals surface area contributed by atoms with E-state index in [1.54, 1.807) is 60.7 Å². The normalized spacial score (nSPS) is 18.1. The van der Waals surface area contributed by atoms with Crippen LogP contribution in [0.1, 0.15) is 83.5 Å². The largest absolute Gasteiger partial charge is 0.491 e. The van der Waals surface area contributed by atoms with Crippen LogP contribution in [0.4, 0.5) is 10.5 Å². The number of fused-ring (bicyclic) bond motifs is 1.